The molecule has 0 radical (unpaired) electrons. The zero-order chi connectivity index (χ0) is 23.8. The molecule has 0 bridgehead atoms. The molecule has 1 aliphatic heterocycles. The number of methoxy groups -OCH3 is 1. The number of nitrogens with zero attached hydrogens (tertiary/aromatic N) is 1. The minimum atomic E-state index is -0.711. The van der Waals surface area contributed by atoms with Gasteiger partial charge >= 0.3 is 5.97 Å². The van der Waals surface area contributed by atoms with Gasteiger partial charge in [-0.1, -0.05) is 17.7 Å². The first-order chi connectivity index (χ1) is 16.0. The van der Waals surface area contributed by atoms with E-state index < -0.39 is 11.9 Å². The molecule has 0 fully saturated rings. The molecule has 2 amide bonds. The number of carbonyl (C=O) groups excluding carboxylic acids is 3. The molecular weight excluding hydrogens is 444 g/mol. The second-order valence-corrected chi connectivity index (χ2v) is 8.81. The number of benzene rings is 1. The summed E-state index contributed by atoms with van der Waals surface area (Å²) < 4.78 is 10.3. The Morgan fingerprint density at radius 1 is 1.30 bits per heavy atom. The normalized spacial score (nSPS) is 17.5. The number of esters is 1. The Morgan fingerprint density at radius 2 is 2.12 bits per heavy atom. The molecule has 33 heavy (non-hydrogen) atoms. The lowest BCUT2D eigenvalue weighted by molar-refractivity contribution is -0.129. The number of thioether (sulfide) groups is 1. The van der Waals surface area contributed by atoms with E-state index in [0.717, 1.165) is 29.9 Å². The topological polar surface area (TPSA) is 105 Å². The SMILES string of the molecule is CCOC(=O)c1ccc2c(c1)N(CC(=O)NO)C(=O)C(CCCC1=CC=C(OC)C=CC1)S2. The number of fused-ring (bicyclic) bond motifs is 1. The molecule has 1 unspecified atom stereocenters. The van der Waals surface area contributed by atoms with Gasteiger partial charge in [-0.2, -0.15) is 0 Å². The summed E-state index contributed by atoms with van der Waals surface area (Å²) in [4.78, 5) is 39.4. The summed E-state index contributed by atoms with van der Waals surface area (Å²) in [5, 5.41) is 8.61. The van der Waals surface area contributed by atoms with Crippen molar-refractivity contribution in [1.29, 1.82) is 0 Å². The van der Waals surface area contributed by atoms with Crippen LogP contribution in [0.4, 0.5) is 5.69 Å². The highest BCUT2D eigenvalue weighted by Crippen LogP contribution is 2.41. The van der Waals surface area contributed by atoms with Crippen LogP contribution >= 0.6 is 11.8 Å². The van der Waals surface area contributed by atoms with Gasteiger partial charge in [0, 0.05) is 4.90 Å². The predicted molar refractivity (Wildman–Crippen MR) is 125 cm³/mol. The van der Waals surface area contributed by atoms with Crippen LogP contribution < -0.4 is 10.4 Å². The van der Waals surface area contributed by atoms with Gasteiger partial charge < -0.3 is 14.4 Å². The van der Waals surface area contributed by atoms with E-state index in [4.69, 9.17) is 14.7 Å². The van der Waals surface area contributed by atoms with Crippen molar-refractivity contribution in [2.24, 2.45) is 0 Å². The summed E-state index contributed by atoms with van der Waals surface area (Å²) in [7, 11) is 1.64. The number of ether oxygens (including phenoxy) is 2. The zero-order valence-corrected chi connectivity index (χ0v) is 19.5. The van der Waals surface area contributed by atoms with Crippen LogP contribution in [-0.2, 0) is 19.1 Å². The number of nitrogens with one attached hydrogen (secondary N) is 1. The van der Waals surface area contributed by atoms with E-state index >= 15 is 0 Å². The van der Waals surface area contributed by atoms with Crippen molar-refractivity contribution in [3.8, 4) is 0 Å². The van der Waals surface area contributed by atoms with Crippen LogP contribution in [0.25, 0.3) is 0 Å². The van der Waals surface area contributed by atoms with E-state index in [-0.39, 0.29) is 24.3 Å². The molecular formula is C24H28N2O6S. The summed E-state index contributed by atoms with van der Waals surface area (Å²) >= 11 is 1.43. The molecule has 1 aromatic carbocycles. The van der Waals surface area contributed by atoms with Crippen molar-refractivity contribution in [2.45, 2.75) is 42.8 Å². The highest BCUT2D eigenvalue weighted by atomic mass is 32.2. The molecule has 3 rings (SSSR count). The lowest BCUT2D eigenvalue weighted by atomic mass is 10.0. The molecule has 9 heteroatoms. The second kappa shape index (κ2) is 11.7. The maximum atomic E-state index is 13.2. The van der Waals surface area contributed by atoms with Gasteiger partial charge in [-0.05, 0) is 63.0 Å². The third kappa shape index (κ3) is 6.27. The van der Waals surface area contributed by atoms with E-state index in [0.29, 0.717) is 17.7 Å². The smallest absolute Gasteiger partial charge is 0.338 e. The molecule has 176 valence electrons. The Labute approximate surface area is 197 Å². The number of amides is 2. The fourth-order valence-corrected chi connectivity index (χ4v) is 4.93. The quantitative estimate of drug-likeness (QED) is 0.320. The molecule has 0 spiro atoms. The van der Waals surface area contributed by atoms with Gasteiger partial charge in [0.05, 0.1) is 30.2 Å². The van der Waals surface area contributed by atoms with Crippen LogP contribution in [0.2, 0.25) is 0 Å². The van der Waals surface area contributed by atoms with Crippen LogP contribution in [0.3, 0.4) is 0 Å². The number of hydrogen-bond donors (Lipinski definition) is 2. The van der Waals surface area contributed by atoms with Crippen molar-refractivity contribution < 1.29 is 29.1 Å². The second-order valence-electron chi connectivity index (χ2n) is 7.57. The number of allylic oxidation sites excluding steroid dienone is 5. The molecule has 0 aromatic heterocycles. The monoisotopic (exact) mass is 472 g/mol. The van der Waals surface area contributed by atoms with E-state index in [9.17, 15) is 14.4 Å². The van der Waals surface area contributed by atoms with Gasteiger partial charge in [-0.25, -0.2) is 10.3 Å². The summed E-state index contributed by atoms with van der Waals surface area (Å²) in [5.74, 6) is -0.631. The van der Waals surface area contributed by atoms with Crippen molar-refractivity contribution in [1.82, 2.24) is 5.48 Å². The van der Waals surface area contributed by atoms with Crippen molar-refractivity contribution in [3.63, 3.8) is 0 Å². The van der Waals surface area contributed by atoms with Crippen LogP contribution in [0.5, 0.6) is 0 Å². The van der Waals surface area contributed by atoms with E-state index in [1.165, 1.54) is 22.2 Å². The minimum absolute atomic E-state index is 0.228. The molecule has 1 atom stereocenters. The molecule has 2 aliphatic rings. The Bertz CT molecular complexity index is 1000. The Balaban J connectivity index is 1.74. The highest BCUT2D eigenvalue weighted by molar-refractivity contribution is 8.01. The van der Waals surface area contributed by atoms with Crippen LogP contribution in [0.15, 0.2) is 58.7 Å². The minimum Gasteiger partial charge on any atom is -0.497 e. The largest absolute Gasteiger partial charge is 0.497 e. The zero-order valence-electron chi connectivity index (χ0n) is 18.7. The summed E-state index contributed by atoms with van der Waals surface area (Å²) in [6.45, 7) is 1.61. The predicted octanol–water partition coefficient (Wildman–Crippen LogP) is 3.76. The lowest BCUT2D eigenvalue weighted by Crippen LogP contribution is -2.46. The third-order valence-corrected chi connectivity index (χ3v) is 6.66. The number of anilines is 1. The highest BCUT2D eigenvalue weighted by Gasteiger charge is 2.35. The summed E-state index contributed by atoms with van der Waals surface area (Å²) in [5.41, 5.74) is 3.59. The van der Waals surface area contributed by atoms with E-state index in [2.05, 4.69) is 12.2 Å². The Hall–Kier alpha value is -3.04. The van der Waals surface area contributed by atoms with Crippen LogP contribution in [-0.4, -0.2) is 48.5 Å². The van der Waals surface area contributed by atoms with Gasteiger partial charge in [-0.15, -0.1) is 11.8 Å². The fourth-order valence-electron chi connectivity index (χ4n) is 3.68. The molecule has 0 saturated carbocycles. The summed E-state index contributed by atoms with van der Waals surface area (Å²) in [6.07, 6.45) is 11.1. The standard InChI is InChI=1S/C24H28N2O6S/c1-3-32-24(29)17-11-13-20-19(14-17)26(15-22(27)25-30)23(28)21(33-20)9-5-7-16-6-4-8-18(31-2)12-10-16/h4,8,10-14,21,30H,3,5-7,9,15H2,1-2H3,(H,25,27). The molecule has 0 saturated heterocycles. The Morgan fingerprint density at radius 3 is 2.85 bits per heavy atom. The first-order valence-corrected chi connectivity index (χ1v) is 11.7. The average Bonchev–Trinajstić information content (AvgIpc) is 3.06. The molecule has 1 aromatic rings. The van der Waals surface area contributed by atoms with Gasteiger partial charge in [0.25, 0.3) is 5.91 Å². The van der Waals surface area contributed by atoms with Crippen molar-refractivity contribution in [3.05, 3.63) is 59.4 Å². The molecule has 1 aliphatic carbocycles. The van der Waals surface area contributed by atoms with Gasteiger partial charge in [0.1, 0.15) is 12.3 Å². The number of hydrogen-bond acceptors (Lipinski definition) is 7. The molecule has 1 heterocycles. The molecule has 2 N–H and O–H groups in total. The van der Waals surface area contributed by atoms with E-state index in [1.54, 1.807) is 37.7 Å². The maximum absolute atomic E-state index is 13.2. The first kappa shape index (κ1) is 24.6. The fraction of sp³-hybridized carbons (Fsp3) is 0.375. The first-order valence-electron chi connectivity index (χ1n) is 10.8. The molecule has 8 nitrogen and oxygen atoms in total. The maximum Gasteiger partial charge on any atom is 0.338 e. The van der Waals surface area contributed by atoms with Crippen LogP contribution in [0.1, 0.15) is 43.0 Å². The third-order valence-electron chi connectivity index (χ3n) is 5.34. The van der Waals surface area contributed by atoms with Gasteiger partial charge in [0.2, 0.25) is 5.91 Å². The van der Waals surface area contributed by atoms with Gasteiger partial charge in [-0.3, -0.25) is 14.8 Å². The van der Waals surface area contributed by atoms with Crippen LogP contribution in [0, 0.1) is 0 Å². The average molecular weight is 473 g/mol. The van der Waals surface area contributed by atoms with Gasteiger partial charge in [0.15, 0.2) is 0 Å². The van der Waals surface area contributed by atoms with Crippen molar-refractivity contribution in [2.75, 3.05) is 25.2 Å². The van der Waals surface area contributed by atoms with E-state index in [1.807, 2.05) is 12.2 Å². The lowest BCUT2D eigenvalue weighted by Gasteiger charge is -2.33. The summed E-state index contributed by atoms with van der Waals surface area (Å²) in [6, 6.07) is 4.98. The Kier molecular flexibility index (Phi) is 8.73. The number of rotatable bonds is 9. The number of carbonyl (C=O) groups is 3. The number of hydroxylamine groups is 1. The van der Waals surface area contributed by atoms with Crippen molar-refractivity contribution >= 4 is 35.2 Å².